The monoisotopic (exact) mass is 330 g/mol. The number of nitrogens with zero attached hydrogens (tertiary/aromatic N) is 1. The molecule has 2 aromatic carbocycles. The summed E-state index contributed by atoms with van der Waals surface area (Å²) in [7, 11) is 0. The van der Waals surface area contributed by atoms with Crippen LogP contribution in [-0.2, 0) is 4.79 Å². The quantitative estimate of drug-likeness (QED) is 0.560. The minimum Gasteiger partial charge on any atom is -0.506 e. The number of benzene rings is 2. The third-order valence-corrected chi connectivity index (χ3v) is 5.21. The van der Waals surface area contributed by atoms with Crippen molar-refractivity contribution in [1.29, 1.82) is 0 Å². The SMILES string of the molecule is Cc1ccc(O)c(NC(=O)CSc2nc3ccccc3s2)c1. The fraction of sp³-hybridized carbons (Fsp3) is 0.125. The van der Waals surface area contributed by atoms with Gasteiger partial charge in [0.25, 0.3) is 0 Å². The number of phenols is 1. The number of carbonyl (C=O) groups is 1. The molecule has 0 bridgehead atoms. The van der Waals surface area contributed by atoms with Crippen LogP contribution >= 0.6 is 23.1 Å². The molecule has 22 heavy (non-hydrogen) atoms. The third kappa shape index (κ3) is 3.40. The average molecular weight is 330 g/mol. The Hall–Kier alpha value is -2.05. The first-order valence-corrected chi connectivity index (χ1v) is 8.50. The van der Waals surface area contributed by atoms with Crippen molar-refractivity contribution in [3.63, 3.8) is 0 Å². The lowest BCUT2D eigenvalue weighted by molar-refractivity contribution is -0.113. The summed E-state index contributed by atoms with van der Waals surface area (Å²) >= 11 is 2.97. The molecule has 112 valence electrons. The van der Waals surface area contributed by atoms with Gasteiger partial charge in [-0.1, -0.05) is 30.0 Å². The zero-order valence-electron chi connectivity index (χ0n) is 11.9. The third-order valence-electron chi connectivity index (χ3n) is 3.03. The number of anilines is 1. The van der Waals surface area contributed by atoms with Crippen LogP contribution in [0.3, 0.4) is 0 Å². The van der Waals surface area contributed by atoms with Crippen LogP contribution in [0.15, 0.2) is 46.8 Å². The van der Waals surface area contributed by atoms with Gasteiger partial charge in [-0.2, -0.15) is 0 Å². The second-order valence-electron chi connectivity index (χ2n) is 4.80. The maximum absolute atomic E-state index is 12.0. The highest BCUT2D eigenvalue weighted by Gasteiger charge is 2.10. The Labute approximate surface area is 136 Å². The van der Waals surface area contributed by atoms with Gasteiger partial charge in [-0.25, -0.2) is 4.98 Å². The van der Waals surface area contributed by atoms with Gasteiger partial charge in [0.15, 0.2) is 4.34 Å². The van der Waals surface area contributed by atoms with Crippen LogP contribution in [0.5, 0.6) is 5.75 Å². The highest BCUT2D eigenvalue weighted by molar-refractivity contribution is 8.01. The Morgan fingerprint density at radius 3 is 2.95 bits per heavy atom. The number of amides is 1. The topological polar surface area (TPSA) is 62.2 Å². The second kappa shape index (κ2) is 6.37. The van der Waals surface area contributed by atoms with Gasteiger partial charge in [-0.15, -0.1) is 11.3 Å². The van der Waals surface area contributed by atoms with Crippen LogP contribution in [0.4, 0.5) is 5.69 Å². The van der Waals surface area contributed by atoms with Gasteiger partial charge >= 0.3 is 0 Å². The molecule has 0 spiro atoms. The molecule has 0 aliphatic rings. The van der Waals surface area contributed by atoms with E-state index in [9.17, 15) is 9.90 Å². The number of aromatic nitrogens is 1. The predicted octanol–water partition coefficient (Wildman–Crippen LogP) is 4.04. The number of fused-ring (bicyclic) bond motifs is 1. The van der Waals surface area contributed by atoms with Gasteiger partial charge in [0, 0.05) is 0 Å². The van der Waals surface area contributed by atoms with Crippen molar-refractivity contribution in [3.8, 4) is 5.75 Å². The van der Waals surface area contributed by atoms with Gasteiger partial charge in [0.1, 0.15) is 5.75 Å². The molecule has 6 heteroatoms. The smallest absolute Gasteiger partial charge is 0.234 e. The molecule has 0 saturated carbocycles. The summed E-state index contributed by atoms with van der Waals surface area (Å²) < 4.78 is 1.98. The molecule has 3 rings (SSSR count). The molecule has 2 N–H and O–H groups in total. The van der Waals surface area contributed by atoms with Gasteiger partial charge in [-0.05, 0) is 36.8 Å². The summed E-state index contributed by atoms with van der Waals surface area (Å²) in [6.45, 7) is 1.91. The van der Waals surface area contributed by atoms with E-state index < -0.39 is 0 Å². The lowest BCUT2D eigenvalue weighted by Gasteiger charge is -2.07. The van der Waals surface area contributed by atoms with Crippen LogP contribution in [0, 0.1) is 6.92 Å². The van der Waals surface area contributed by atoms with Crippen LogP contribution in [0.2, 0.25) is 0 Å². The molecule has 1 aromatic heterocycles. The molecule has 1 amide bonds. The number of carbonyl (C=O) groups excluding carboxylic acids is 1. The van der Waals surface area contributed by atoms with E-state index in [1.807, 2.05) is 31.2 Å². The molecule has 3 aromatic rings. The number of aryl methyl sites for hydroxylation is 1. The number of aromatic hydroxyl groups is 1. The number of nitrogens with one attached hydrogen (secondary N) is 1. The standard InChI is InChI=1S/C16H14N2O2S2/c1-10-6-7-13(19)12(8-10)17-15(20)9-21-16-18-11-4-2-3-5-14(11)22-16/h2-8,19H,9H2,1H3,(H,17,20). The molecule has 0 fully saturated rings. The van der Waals surface area contributed by atoms with Crippen molar-refractivity contribution in [1.82, 2.24) is 4.98 Å². The minimum atomic E-state index is -0.162. The molecule has 1 heterocycles. The van der Waals surface area contributed by atoms with Crippen LogP contribution < -0.4 is 5.32 Å². The van der Waals surface area contributed by atoms with Crippen molar-refractivity contribution >= 4 is 44.9 Å². The average Bonchev–Trinajstić information content (AvgIpc) is 2.92. The summed E-state index contributed by atoms with van der Waals surface area (Å²) in [5, 5.41) is 12.5. The number of para-hydroxylation sites is 1. The lowest BCUT2D eigenvalue weighted by Crippen LogP contribution is -2.14. The molecule has 0 saturated heterocycles. The van der Waals surface area contributed by atoms with E-state index in [-0.39, 0.29) is 17.4 Å². The molecule has 0 unspecified atom stereocenters. The van der Waals surface area contributed by atoms with E-state index in [0.29, 0.717) is 5.69 Å². The van der Waals surface area contributed by atoms with Crippen molar-refractivity contribution < 1.29 is 9.90 Å². The van der Waals surface area contributed by atoms with Gasteiger partial charge in [-0.3, -0.25) is 4.79 Å². The first kappa shape index (κ1) is 14.9. The van der Waals surface area contributed by atoms with Crippen molar-refractivity contribution in [3.05, 3.63) is 48.0 Å². The van der Waals surface area contributed by atoms with E-state index >= 15 is 0 Å². The summed E-state index contributed by atoms with van der Waals surface area (Å²) in [4.78, 5) is 16.5. The van der Waals surface area contributed by atoms with Crippen LogP contribution in [0.25, 0.3) is 10.2 Å². The minimum absolute atomic E-state index is 0.0731. The summed E-state index contributed by atoms with van der Waals surface area (Å²) in [6.07, 6.45) is 0. The first-order chi connectivity index (χ1) is 10.6. The fourth-order valence-electron chi connectivity index (χ4n) is 1.98. The second-order valence-corrected chi connectivity index (χ2v) is 7.06. The van der Waals surface area contributed by atoms with Gasteiger partial charge < -0.3 is 10.4 Å². The summed E-state index contributed by atoms with van der Waals surface area (Å²) in [6, 6.07) is 13.0. The first-order valence-electron chi connectivity index (χ1n) is 6.69. The van der Waals surface area contributed by atoms with E-state index in [0.717, 1.165) is 20.1 Å². The van der Waals surface area contributed by atoms with Gasteiger partial charge in [0.2, 0.25) is 5.91 Å². The predicted molar refractivity (Wildman–Crippen MR) is 91.8 cm³/mol. The molecule has 0 aliphatic heterocycles. The van der Waals surface area contributed by atoms with Crippen molar-refractivity contribution in [2.45, 2.75) is 11.3 Å². The summed E-state index contributed by atoms with van der Waals surface area (Å²) in [5.74, 6) is 0.168. The number of rotatable bonds is 4. The summed E-state index contributed by atoms with van der Waals surface area (Å²) in [5.41, 5.74) is 2.37. The normalized spacial score (nSPS) is 10.8. The Morgan fingerprint density at radius 1 is 1.32 bits per heavy atom. The number of hydrogen-bond donors (Lipinski definition) is 2. The van der Waals surface area contributed by atoms with Gasteiger partial charge in [0.05, 0.1) is 21.7 Å². The molecular weight excluding hydrogens is 316 g/mol. The zero-order valence-corrected chi connectivity index (χ0v) is 13.5. The highest BCUT2D eigenvalue weighted by atomic mass is 32.2. The van der Waals surface area contributed by atoms with E-state index in [1.54, 1.807) is 29.5 Å². The van der Waals surface area contributed by atoms with Crippen molar-refractivity contribution in [2.24, 2.45) is 0 Å². The van der Waals surface area contributed by atoms with E-state index in [4.69, 9.17) is 0 Å². The number of hydrogen-bond acceptors (Lipinski definition) is 5. The Morgan fingerprint density at radius 2 is 2.14 bits per heavy atom. The molecule has 0 aliphatic carbocycles. The molecule has 0 atom stereocenters. The zero-order chi connectivity index (χ0) is 15.5. The number of phenolic OH excluding ortho intramolecular Hbond substituents is 1. The number of thiazole rings is 1. The number of thioether (sulfide) groups is 1. The molecular formula is C16H14N2O2S2. The maximum atomic E-state index is 12.0. The lowest BCUT2D eigenvalue weighted by atomic mass is 10.2. The highest BCUT2D eigenvalue weighted by Crippen LogP contribution is 2.30. The van der Waals surface area contributed by atoms with Crippen LogP contribution in [0.1, 0.15) is 5.56 Å². The Kier molecular flexibility index (Phi) is 4.31. The van der Waals surface area contributed by atoms with E-state index in [1.165, 1.54) is 11.8 Å². The van der Waals surface area contributed by atoms with E-state index in [2.05, 4.69) is 10.3 Å². The van der Waals surface area contributed by atoms with Crippen LogP contribution in [-0.4, -0.2) is 21.8 Å². The largest absolute Gasteiger partial charge is 0.506 e. The van der Waals surface area contributed by atoms with Crippen molar-refractivity contribution in [2.75, 3.05) is 11.1 Å². The molecule has 0 radical (unpaired) electrons. The fourth-order valence-corrected chi connectivity index (χ4v) is 3.84. The molecule has 4 nitrogen and oxygen atoms in total. The Bertz CT molecular complexity index is 797. The Balaban J connectivity index is 1.63. The maximum Gasteiger partial charge on any atom is 0.234 e.